The van der Waals surface area contributed by atoms with Crippen LogP contribution in [0.15, 0.2) is 35.4 Å². The molecule has 0 unspecified atom stereocenters. The van der Waals surface area contributed by atoms with Gasteiger partial charge in [0.05, 0.1) is 16.8 Å². The third-order valence-corrected chi connectivity index (χ3v) is 3.95. The van der Waals surface area contributed by atoms with Crippen LogP contribution in [0.5, 0.6) is 5.75 Å². The molecule has 2 aromatic heterocycles. The third-order valence-electron chi connectivity index (χ3n) is 3.46. The number of halogens is 5. The number of aromatic nitrogens is 3. The number of imidazole rings is 1. The van der Waals surface area contributed by atoms with Crippen LogP contribution >= 0.6 is 23.2 Å². The van der Waals surface area contributed by atoms with E-state index in [9.17, 15) is 18.0 Å². The molecule has 5 nitrogen and oxygen atoms in total. The van der Waals surface area contributed by atoms with Crippen molar-refractivity contribution in [1.82, 2.24) is 14.0 Å². The number of rotatable bonds is 4. The molecule has 0 aliphatic carbocycles. The second-order valence-electron chi connectivity index (χ2n) is 5.70. The van der Waals surface area contributed by atoms with Crippen LogP contribution in [-0.2, 0) is 5.38 Å². The van der Waals surface area contributed by atoms with E-state index in [1.54, 1.807) is 13.8 Å². The van der Waals surface area contributed by atoms with Crippen molar-refractivity contribution in [1.29, 1.82) is 0 Å². The van der Waals surface area contributed by atoms with Crippen molar-refractivity contribution >= 4 is 29.0 Å². The molecule has 2 heterocycles. The molecular weight excluding hydrogens is 394 g/mol. The maximum atomic E-state index is 14.5. The van der Waals surface area contributed by atoms with E-state index in [0.29, 0.717) is 6.07 Å². The Kier molecular flexibility index (Phi) is 4.66. The molecule has 0 radical (unpaired) electrons. The van der Waals surface area contributed by atoms with E-state index in [0.717, 1.165) is 15.0 Å². The zero-order chi connectivity index (χ0) is 19.2. The number of benzene rings is 1. The zero-order valence-electron chi connectivity index (χ0n) is 13.5. The monoisotopic (exact) mass is 405 g/mol. The summed E-state index contributed by atoms with van der Waals surface area (Å²) in [7, 11) is 0. The fourth-order valence-corrected chi connectivity index (χ4v) is 2.82. The molecule has 0 amide bonds. The summed E-state index contributed by atoms with van der Waals surface area (Å²) in [6.07, 6.45) is 2.12. The van der Waals surface area contributed by atoms with Gasteiger partial charge in [0.25, 0.3) is 5.56 Å². The first kappa shape index (κ1) is 18.6. The molecule has 0 N–H and O–H groups in total. The van der Waals surface area contributed by atoms with Gasteiger partial charge in [-0.25, -0.2) is 13.9 Å². The molecule has 0 atom stereocenters. The molecule has 3 aromatic rings. The first-order valence-corrected chi connectivity index (χ1v) is 8.17. The zero-order valence-corrected chi connectivity index (χ0v) is 15.0. The predicted octanol–water partition coefficient (Wildman–Crippen LogP) is 4.35. The van der Waals surface area contributed by atoms with Gasteiger partial charge in [0.2, 0.25) is 5.78 Å². The molecule has 0 saturated carbocycles. The minimum absolute atomic E-state index is 0.0104. The number of hydrogen-bond acceptors (Lipinski definition) is 3. The Morgan fingerprint density at radius 1 is 1.27 bits per heavy atom. The summed E-state index contributed by atoms with van der Waals surface area (Å²) in [6, 6.07) is 2.81. The Balaban J connectivity index is 2.32. The third kappa shape index (κ3) is 3.26. The molecule has 0 saturated heterocycles. The van der Waals surface area contributed by atoms with Gasteiger partial charge in [0.1, 0.15) is 17.3 Å². The van der Waals surface area contributed by atoms with Crippen molar-refractivity contribution in [3.05, 3.63) is 57.5 Å². The van der Waals surface area contributed by atoms with Crippen molar-refractivity contribution in [2.75, 3.05) is 0 Å². The van der Waals surface area contributed by atoms with Crippen LogP contribution in [0.2, 0.25) is 5.02 Å². The van der Waals surface area contributed by atoms with Crippen LogP contribution in [0.3, 0.4) is 0 Å². The minimum atomic E-state index is -3.80. The summed E-state index contributed by atoms with van der Waals surface area (Å²) in [5.41, 5.74) is -1.95. The van der Waals surface area contributed by atoms with Gasteiger partial charge in [-0.05, 0) is 31.5 Å². The van der Waals surface area contributed by atoms with Crippen LogP contribution in [0.4, 0.5) is 13.2 Å². The summed E-state index contributed by atoms with van der Waals surface area (Å²) in [5, 5.41) is -3.79. The fourth-order valence-electron chi connectivity index (χ4n) is 2.48. The lowest BCUT2D eigenvalue weighted by molar-refractivity contribution is 0.0882. The molecule has 0 fully saturated rings. The number of fused-ring (bicyclic) bond motifs is 1. The van der Waals surface area contributed by atoms with Gasteiger partial charge in [-0.1, -0.05) is 11.6 Å². The normalized spacial score (nSPS) is 12.2. The van der Waals surface area contributed by atoms with E-state index < -0.39 is 22.5 Å². The summed E-state index contributed by atoms with van der Waals surface area (Å²) in [6.45, 7) is 3.49. The first-order valence-electron chi connectivity index (χ1n) is 7.42. The van der Waals surface area contributed by atoms with Gasteiger partial charge in [0.15, 0.2) is 0 Å². The molecule has 26 heavy (non-hydrogen) atoms. The molecule has 0 bridgehead atoms. The van der Waals surface area contributed by atoms with Crippen molar-refractivity contribution < 1.29 is 17.9 Å². The fraction of sp³-hybridized carbons (Fsp3) is 0.250. The molecule has 3 rings (SSSR count). The highest BCUT2D eigenvalue weighted by Crippen LogP contribution is 2.33. The van der Waals surface area contributed by atoms with Crippen molar-refractivity contribution in [2.45, 2.75) is 25.3 Å². The summed E-state index contributed by atoms with van der Waals surface area (Å²) in [4.78, 5) is 16.3. The molecular formula is C16H12Cl2F3N3O2. The SMILES string of the molecule is CC(C)Oc1cc(-n2c(=O)cc(C(F)(F)Cl)n3ccnc23)c(F)cc1Cl. The van der Waals surface area contributed by atoms with Crippen molar-refractivity contribution in [3.63, 3.8) is 0 Å². The lowest BCUT2D eigenvalue weighted by Gasteiger charge is -2.17. The van der Waals surface area contributed by atoms with E-state index in [2.05, 4.69) is 4.98 Å². The maximum absolute atomic E-state index is 14.5. The Labute approximate surface area is 155 Å². The predicted molar refractivity (Wildman–Crippen MR) is 91.3 cm³/mol. The molecule has 0 aliphatic rings. The van der Waals surface area contributed by atoms with E-state index >= 15 is 0 Å². The maximum Gasteiger partial charge on any atom is 0.363 e. The second kappa shape index (κ2) is 6.51. The lowest BCUT2D eigenvalue weighted by Crippen LogP contribution is -2.25. The Morgan fingerprint density at radius 3 is 2.58 bits per heavy atom. The van der Waals surface area contributed by atoms with Crippen molar-refractivity contribution in [3.8, 4) is 11.4 Å². The molecule has 138 valence electrons. The second-order valence-corrected chi connectivity index (χ2v) is 6.58. The number of alkyl halides is 3. The smallest absolute Gasteiger partial charge is 0.363 e. The Bertz CT molecular complexity index is 1040. The van der Waals surface area contributed by atoms with Crippen LogP contribution in [0.25, 0.3) is 11.5 Å². The van der Waals surface area contributed by atoms with Crippen molar-refractivity contribution in [2.24, 2.45) is 0 Å². The summed E-state index contributed by atoms with van der Waals surface area (Å²) < 4.78 is 48.9. The highest BCUT2D eigenvalue weighted by Gasteiger charge is 2.33. The standard InChI is InChI=1S/C16H12Cl2F3N3O2/c1-8(2)26-12-6-11(10(19)5-9(12)17)24-14(25)7-13(16(18,20)21)23-4-3-22-15(23)24/h3-8H,1-2H3. The van der Waals surface area contributed by atoms with Gasteiger partial charge >= 0.3 is 5.38 Å². The van der Waals surface area contributed by atoms with Crippen LogP contribution < -0.4 is 10.3 Å². The van der Waals surface area contributed by atoms with Crippen LogP contribution in [0, 0.1) is 5.82 Å². The van der Waals surface area contributed by atoms with E-state index in [1.165, 1.54) is 18.5 Å². The quantitative estimate of drug-likeness (QED) is 0.606. The first-order chi connectivity index (χ1) is 12.1. The van der Waals surface area contributed by atoms with E-state index in [1.807, 2.05) is 0 Å². The van der Waals surface area contributed by atoms with Crippen LogP contribution in [0.1, 0.15) is 19.5 Å². The highest BCUT2D eigenvalue weighted by molar-refractivity contribution is 6.32. The summed E-state index contributed by atoms with van der Waals surface area (Å²) >= 11 is 11.0. The topological polar surface area (TPSA) is 48.5 Å². The minimum Gasteiger partial charge on any atom is -0.489 e. The van der Waals surface area contributed by atoms with Gasteiger partial charge in [-0.3, -0.25) is 9.20 Å². The molecule has 1 aromatic carbocycles. The van der Waals surface area contributed by atoms with Gasteiger partial charge in [0, 0.05) is 24.5 Å². The van der Waals surface area contributed by atoms with Crippen LogP contribution in [-0.4, -0.2) is 20.1 Å². The number of ether oxygens (including phenoxy) is 1. The molecule has 10 heteroatoms. The molecule has 0 spiro atoms. The summed E-state index contributed by atoms with van der Waals surface area (Å²) in [5.74, 6) is -0.936. The largest absolute Gasteiger partial charge is 0.489 e. The van der Waals surface area contributed by atoms with Gasteiger partial charge in [-0.2, -0.15) is 8.78 Å². The van der Waals surface area contributed by atoms with E-state index in [4.69, 9.17) is 27.9 Å². The average molecular weight is 406 g/mol. The Hall–Kier alpha value is -2.19. The van der Waals surface area contributed by atoms with E-state index in [-0.39, 0.29) is 28.3 Å². The average Bonchev–Trinajstić information content (AvgIpc) is 2.97. The van der Waals surface area contributed by atoms with Gasteiger partial charge in [-0.15, -0.1) is 0 Å². The molecule has 0 aliphatic heterocycles. The Morgan fingerprint density at radius 2 is 1.96 bits per heavy atom. The highest BCUT2D eigenvalue weighted by atomic mass is 35.5. The number of hydrogen-bond donors (Lipinski definition) is 0. The van der Waals surface area contributed by atoms with Gasteiger partial charge < -0.3 is 4.74 Å². The number of nitrogens with zero attached hydrogens (tertiary/aromatic N) is 3. The lowest BCUT2D eigenvalue weighted by atomic mass is 10.2.